The largest absolute Gasteiger partial charge is 0.481 e. The molecule has 122 valence electrons. The first-order valence-corrected chi connectivity index (χ1v) is 7.91. The Morgan fingerprint density at radius 1 is 1.09 bits per heavy atom. The third-order valence-electron chi connectivity index (χ3n) is 3.66. The quantitative estimate of drug-likeness (QED) is 0.889. The van der Waals surface area contributed by atoms with Gasteiger partial charge in [-0.3, -0.25) is 4.79 Å². The molecule has 0 unspecified atom stereocenters. The number of carbonyl (C=O) groups is 1. The summed E-state index contributed by atoms with van der Waals surface area (Å²) in [4.78, 5) is 12.4. The molecule has 0 radical (unpaired) electrons. The van der Waals surface area contributed by atoms with Crippen LogP contribution in [0.3, 0.4) is 0 Å². The topological polar surface area (TPSA) is 38.3 Å². The number of hydrogen-bond acceptors (Lipinski definition) is 2. The maximum absolute atomic E-state index is 12.4. The molecule has 1 N–H and O–H groups in total. The minimum Gasteiger partial charge on any atom is -0.481 e. The van der Waals surface area contributed by atoms with Crippen molar-refractivity contribution in [2.45, 2.75) is 46.1 Å². The summed E-state index contributed by atoms with van der Waals surface area (Å²) in [5.74, 6) is 0.556. The van der Waals surface area contributed by atoms with Gasteiger partial charge in [0.15, 0.2) is 6.10 Å². The SMILES string of the molecule is Cc1cccc(O[C@H](C)C(=O)Nc2ccccc2C(C)(C)C)c1. The van der Waals surface area contributed by atoms with Crippen LogP contribution in [0, 0.1) is 6.92 Å². The van der Waals surface area contributed by atoms with Gasteiger partial charge in [0.25, 0.3) is 5.91 Å². The molecule has 0 saturated heterocycles. The van der Waals surface area contributed by atoms with Gasteiger partial charge in [-0.2, -0.15) is 0 Å². The van der Waals surface area contributed by atoms with Gasteiger partial charge in [0, 0.05) is 5.69 Å². The molecule has 2 aromatic carbocycles. The van der Waals surface area contributed by atoms with Crippen LogP contribution in [0.25, 0.3) is 0 Å². The van der Waals surface area contributed by atoms with Gasteiger partial charge in [-0.05, 0) is 48.6 Å². The Hall–Kier alpha value is -2.29. The maximum atomic E-state index is 12.4. The lowest BCUT2D eigenvalue weighted by Crippen LogP contribution is -2.31. The second kappa shape index (κ2) is 6.86. The number of para-hydroxylation sites is 1. The van der Waals surface area contributed by atoms with E-state index >= 15 is 0 Å². The van der Waals surface area contributed by atoms with Crippen LogP contribution in [0.4, 0.5) is 5.69 Å². The number of amides is 1. The van der Waals surface area contributed by atoms with Crippen LogP contribution in [0.5, 0.6) is 5.75 Å². The molecule has 3 nitrogen and oxygen atoms in total. The molecule has 2 aromatic rings. The van der Waals surface area contributed by atoms with E-state index in [4.69, 9.17) is 4.74 Å². The van der Waals surface area contributed by atoms with E-state index in [1.807, 2.05) is 55.5 Å². The molecular formula is C20H25NO2. The molecule has 0 fully saturated rings. The smallest absolute Gasteiger partial charge is 0.265 e. The van der Waals surface area contributed by atoms with Gasteiger partial charge in [0.2, 0.25) is 0 Å². The van der Waals surface area contributed by atoms with Crippen molar-refractivity contribution >= 4 is 11.6 Å². The fraction of sp³-hybridized carbons (Fsp3) is 0.350. The van der Waals surface area contributed by atoms with Gasteiger partial charge < -0.3 is 10.1 Å². The summed E-state index contributed by atoms with van der Waals surface area (Å²) in [5, 5.41) is 2.99. The zero-order chi connectivity index (χ0) is 17.0. The number of aryl methyl sites for hydroxylation is 1. The Kier molecular flexibility index (Phi) is 5.09. The Morgan fingerprint density at radius 2 is 1.78 bits per heavy atom. The summed E-state index contributed by atoms with van der Waals surface area (Å²) in [6.07, 6.45) is -0.565. The fourth-order valence-corrected chi connectivity index (χ4v) is 2.43. The maximum Gasteiger partial charge on any atom is 0.265 e. The summed E-state index contributed by atoms with van der Waals surface area (Å²) in [5.41, 5.74) is 3.01. The second-order valence-electron chi connectivity index (χ2n) is 6.86. The minimum absolute atomic E-state index is 0.0372. The first-order valence-electron chi connectivity index (χ1n) is 7.91. The Balaban J connectivity index is 2.10. The molecule has 3 heteroatoms. The van der Waals surface area contributed by atoms with Crippen molar-refractivity contribution in [2.75, 3.05) is 5.32 Å². The van der Waals surface area contributed by atoms with Crippen molar-refractivity contribution in [3.05, 3.63) is 59.7 Å². The van der Waals surface area contributed by atoms with Crippen LogP contribution in [-0.4, -0.2) is 12.0 Å². The van der Waals surface area contributed by atoms with E-state index in [0.29, 0.717) is 5.75 Å². The van der Waals surface area contributed by atoms with Crippen molar-refractivity contribution in [1.29, 1.82) is 0 Å². The van der Waals surface area contributed by atoms with Crippen LogP contribution in [-0.2, 0) is 10.2 Å². The normalized spacial score (nSPS) is 12.6. The fourth-order valence-electron chi connectivity index (χ4n) is 2.43. The zero-order valence-electron chi connectivity index (χ0n) is 14.5. The highest BCUT2D eigenvalue weighted by molar-refractivity contribution is 5.95. The highest BCUT2D eigenvalue weighted by atomic mass is 16.5. The van der Waals surface area contributed by atoms with E-state index in [2.05, 4.69) is 26.1 Å². The summed E-state index contributed by atoms with van der Waals surface area (Å²) in [6.45, 7) is 10.1. The Labute approximate surface area is 138 Å². The number of carbonyl (C=O) groups excluding carboxylic acids is 1. The predicted molar refractivity (Wildman–Crippen MR) is 95.0 cm³/mol. The second-order valence-corrected chi connectivity index (χ2v) is 6.86. The zero-order valence-corrected chi connectivity index (χ0v) is 14.5. The number of ether oxygens (including phenoxy) is 1. The first kappa shape index (κ1) is 17.1. The van der Waals surface area contributed by atoms with Gasteiger partial charge in [0.1, 0.15) is 5.75 Å². The molecular weight excluding hydrogens is 286 g/mol. The van der Waals surface area contributed by atoms with Crippen molar-refractivity contribution < 1.29 is 9.53 Å². The van der Waals surface area contributed by atoms with Crippen LogP contribution in [0.1, 0.15) is 38.8 Å². The van der Waals surface area contributed by atoms with E-state index in [9.17, 15) is 4.79 Å². The molecule has 0 heterocycles. The van der Waals surface area contributed by atoms with Crippen molar-refractivity contribution in [2.24, 2.45) is 0 Å². The lowest BCUT2D eigenvalue weighted by Gasteiger charge is -2.24. The Bertz CT molecular complexity index is 686. The average molecular weight is 311 g/mol. The molecule has 0 aliphatic rings. The van der Waals surface area contributed by atoms with Crippen LogP contribution in [0.2, 0.25) is 0 Å². The molecule has 0 spiro atoms. The van der Waals surface area contributed by atoms with E-state index in [0.717, 1.165) is 16.8 Å². The lowest BCUT2D eigenvalue weighted by atomic mass is 9.86. The first-order chi connectivity index (χ1) is 10.8. The molecule has 0 aliphatic carbocycles. The van der Waals surface area contributed by atoms with E-state index in [-0.39, 0.29) is 11.3 Å². The summed E-state index contributed by atoms with van der Waals surface area (Å²) in [7, 11) is 0. The van der Waals surface area contributed by atoms with Gasteiger partial charge >= 0.3 is 0 Å². The van der Waals surface area contributed by atoms with Gasteiger partial charge in [0.05, 0.1) is 0 Å². The van der Waals surface area contributed by atoms with E-state index in [1.54, 1.807) is 6.92 Å². The van der Waals surface area contributed by atoms with Crippen molar-refractivity contribution in [3.63, 3.8) is 0 Å². The third-order valence-corrected chi connectivity index (χ3v) is 3.66. The number of rotatable bonds is 4. The molecule has 0 bridgehead atoms. The van der Waals surface area contributed by atoms with Crippen LogP contribution >= 0.6 is 0 Å². The number of anilines is 1. The summed E-state index contributed by atoms with van der Waals surface area (Å²) in [6, 6.07) is 15.6. The van der Waals surface area contributed by atoms with Gasteiger partial charge in [-0.15, -0.1) is 0 Å². The van der Waals surface area contributed by atoms with E-state index < -0.39 is 6.10 Å². The van der Waals surface area contributed by atoms with Crippen molar-refractivity contribution in [3.8, 4) is 5.75 Å². The van der Waals surface area contributed by atoms with Gasteiger partial charge in [-0.1, -0.05) is 51.1 Å². The van der Waals surface area contributed by atoms with Crippen LogP contribution in [0.15, 0.2) is 48.5 Å². The monoisotopic (exact) mass is 311 g/mol. The minimum atomic E-state index is -0.565. The summed E-state index contributed by atoms with van der Waals surface area (Å²) < 4.78 is 5.74. The third kappa shape index (κ3) is 4.59. The molecule has 1 atom stereocenters. The van der Waals surface area contributed by atoms with Gasteiger partial charge in [-0.25, -0.2) is 0 Å². The average Bonchev–Trinajstić information content (AvgIpc) is 2.46. The predicted octanol–water partition coefficient (Wildman–Crippen LogP) is 4.70. The highest BCUT2D eigenvalue weighted by Crippen LogP contribution is 2.29. The number of nitrogens with one attached hydrogen (secondary N) is 1. The molecule has 0 aromatic heterocycles. The summed E-state index contributed by atoms with van der Waals surface area (Å²) >= 11 is 0. The highest BCUT2D eigenvalue weighted by Gasteiger charge is 2.21. The Morgan fingerprint density at radius 3 is 2.43 bits per heavy atom. The molecule has 1 amide bonds. The molecule has 0 saturated carbocycles. The molecule has 0 aliphatic heterocycles. The van der Waals surface area contributed by atoms with E-state index in [1.165, 1.54) is 0 Å². The number of hydrogen-bond donors (Lipinski definition) is 1. The lowest BCUT2D eigenvalue weighted by molar-refractivity contribution is -0.122. The van der Waals surface area contributed by atoms with Crippen molar-refractivity contribution in [1.82, 2.24) is 0 Å². The van der Waals surface area contributed by atoms with Crippen LogP contribution < -0.4 is 10.1 Å². The standard InChI is InChI=1S/C20H25NO2/c1-14-9-8-10-16(13-14)23-15(2)19(22)21-18-12-7-6-11-17(18)20(3,4)5/h6-13,15H,1-5H3,(H,21,22)/t15-/m1/s1. The molecule has 23 heavy (non-hydrogen) atoms. The number of benzene rings is 2. The molecule has 2 rings (SSSR count).